The summed E-state index contributed by atoms with van der Waals surface area (Å²) in [5.41, 5.74) is 0.753. The number of hydrogen-bond donors (Lipinski definition) is 0. The fraction of sp³-hybridized carbons (Fsp3) is 0.500. The monoisotopic (exact) mass is 275 g/mol. The number of nitriles is 1. The van der Waals surface area contributed by atoms with Gasteiger partial charge in [0.15, 0.2) is 17.3 Å². The Bertz CT molecular complexity index is 629. The van der Waals surface area contributed by atoms with Gasteiger partial charge in [-0.3, -0.25) is 9.69 Å². The summed E-state index contributed by atoms with van der Waals surface area (Å²) in [6.07, 6.45) is 0. The summed E-state index contributed by atoms with van der Waals surface area (Å²) >= 11 is 0. The molecule has 0 aromatic carbocycles. The molecule has 2 heterocycles. The third kappa shape index (κ3) is 2.05. The van der Waals surface area contributed by atoms with E-state index in [0.29, 0.717) is 23.6 Å². The van der Waals surface area contributed by atoms with E-state index in [0.717, 1.165) is 5.57 Å². The highest BCUT2D eigenvalue weighted by Crippen LogP contribution is 2.34. The Morgan fingerprint density at radius 1 is 1.45 bits per heavy atom. The van der Waals surface area contributed by atoms with Crippen LogP contribution in [0.4, 0.5) is 5.82 Å². The number of hydrogen-bond acceptors (Lipinski definition) is 5. The second-order valence-corrected chi connectivity index (χ2v) is 5.78. The largest absolute Gasteiger partial charge is 0.491 e. The van der Waals surface area contributed by atoms with Gasteiger partial charge in [0, 0.05) is 5.41 Å². The molecule has 0 bridgehead atoms. The molecule has 1 aliphatic heterocycles. The van der Waals surface area contributed by atoms with Gasteiger partial charge < -0.3 is 9.26 Å². The smallest absolute Gasteiger partial charge is 0.294 e. The molecule has 6 nitrogen and oxygen atoms in total. The number of nitrogens with zero attached hydrogens (tertiary/aromatic N) is 3. The minimum Gasteiger partial charge on any atom is -0.491 e. The first-order chi connectivity index (χ1) is 9.31. The molecule has 0 unspecified atom stereocenters. The lowest BCUT2D eigenvalue weighted by Crippen LogP contribution is -2.28. The zero-order valence-electron chi connectivity index (χ0n) is 12.3. The van der Waals surface area contributed by atoms with Crippen LogP contribution in [-0.2, 0) is 14.9 Å². The van der Waals surface area contributed by atoms with Crippen molar-refractivity contribution in [2.45, 2.75) is 33.1 Å². The van der Waals surface area contributed by atoms with Crippen molar-refractivity contribution >= 4 is 11.7 Å². The Kier molecular flexibility index (Phi) is 3.30. The maximum absolute atomic E-state index is 12.2. The number of anilines is 1. The third-order valence-corrected chi connectivity index (χ3v) is 3.15. The van der Waals surface area contributed by atoms with Crippen LogP contribution in [0.3, 0.4) is 0 Å². The minimum absolute atomic E-state index is 0.258. The van der Waals surface area contributed by atoms with Crippen molar-refractivity contribution in [3.63, 3.8) is 0 Å². The number of carbonyl (C=O) groups is 1. The number of rotatable bonds is 2. The maximum Gasteiger partial charge on any atom is 0.294 e. The van der Waals surface area contributed by atoms with Crippen molar-refractivity contribution in [1.29, 1.82) is 5.26 Å². The summed E-state index contributed by atoms with van der Waals surface area (Å²) in [7, 11) is 1.45. The van der Waals surface area contributed by atoms with Crippen molar-refractivity contribution in [2.24, 2.45) is 0 Å². The summed E-state index contributed by atoms with van der Waals surface area (Å²) in [6.45, 7) is 7.94. The third-order valence-electron chi connectivity index (χ3n) is 3.15. The van der Waals surface area contributed by atoms with Crippen molar-refractivity contribution < 1.29 is 14.1 Å². The Balaban J connectivity index is 2.45. The lowest BCUT2D eigenvalue weighted by molar-refractivity contribution is -0.117. The Hall–Kier alpha value is -2.29. The predicted octanol–water partition coefficient (Wildman–Crippen LogP) is 2.11. The van der Waals surface area contributed by atoms with E-state index >= 15 is 0 Å². The van der Waals surface area contributed by atoms with Gasteiger partial charge in [0.2, 0.25) is 0 Å². The summed E-state index contributed by atoms with van der Waals surface area (Å²) in [5.74, 6) is 0.740. The second-order valence-electron chi connectivity index (χ2n) is 5.78. The summed E-state index contributed by atoms with van der Waals surface area (Å²) in [4.78, 5) is 13.6. The molecular formula is C14H17N3O3. The van der Waals surface area contributed by atoms with E-state index in [1.54, 1.807) is 0 Å². The zero-order chi connectivity index (χ0) is 15.1. The van der Waals surface area contributed by atoms with Crippen LogP contribution in [0.15, 0.2) is 15.9 Å². The second kappa shape index (κ2) is 4.67. The zero-order valence-corrected chi connectivity index (χ0v) is 12.3. The molecule has 6 heteroatoms. The molecule has 1 aliphatic rings. The molecule has 0 spiro atoms. The van der Waals surface area contributed by atoms with Gasteiger partial charge in [0.25, 0.3) is 5.91 Å². The number of amides is 1. The first kappa shape index (κ1) is 14.1. The molecule has 1 amide bonds. The van der Waals surface area contributed by atoms with Crippen molar-refractivity contribution in [2.75, 3.05) is 18.6 Å². The fourth-order valence-electron chi connectivity index (χ4n) is 2.20. The van der Waals surface area contributed by atoms with Crippen LogP contribution in [0.2, 0.25) is 0 Å². The van der Waals surface area contributed by atoms with E-state index in [1.165, 1.54) is 12.0 Å². The molecule has 0 saturated carbocycles. The molecule has 2 rings (SSSR count). The molecule has 106 valence electrons. The topological polar surface area (TPSA) is 79.4 Å². The van der Waals surface area contributed by atoms with Gasteiger partial charge in [-0.25, -0.2) is 0 Å². The Morgan fingerprint density at radius 2 is 2.10 bits per heavy atom. The van der Waals surface area contributed by atoms with Crippen LogP contribution in [-0.4, -0.2) is 24.7 Å². The first-order valence-corrected chi connectivity index (χ1v) is 6.27. The number of methoxy groups -OCH3 is 1. The van der Waals surface area contributed by atoms with Gasteiger partial charge in [0.1, 0.15) is 11.6 Å². The van der Waals surface area contributed by atoms with Crippen molar-refractivity contribution in [3.8, 4) is 6.07 Å². The average Bonchev–Trinajstić information content (AvgIpc) is 2.89. The standard InChI is InChI=1S/C14H17N3O3/c1-8-7-17(13(18)10(8)19-5)12-9(6-15)11(20-16-12)14(2,3)4/h7H2,1-5H3. The highest BCUT2D eigenvalue weighted by molar-refractivity contribution is 6.07. The number of carbonyl (C=O) groups excluding carboxylic acids is 1. The average molecular weight is 275 g/mol. The summed E-state index contributed by atoms with van der Waals surface area (Å²) < 4.78 is 10.4. The Morgan fingerprint density at radius 3 is 2.55 bits per heavy atom. The fourth-order valence-corrected chi connectivity index (χ4v) is 2.20. The lowest BCUT2D eigenvalue weighted by atomic mass is 9.90. The molecule has 1 aromatic rings. The van der Waals surface area contributed by atoms with E-state index in [-0.39, 0.29) is 17.1 Å². The normalized spacial score (nSPS) is 15.8. The molecule has 0 N–H and O–H groups in total. The van der Waals surface area contributed by atoms with Crippen molar-refractivity contribution in [1.82, 2.24) is 5.16 Å². The van der Waals surface area contributed by atoms with Gasteiger partial charge in [-0.2, -0.15) is 5.26 Å². The predicted molar refractivity (Wildman–Crippen MR) is 72.0 cm³/mol. The molecule has 20 heavy (non-hydrogen) atoms. The summed E-state index contributed by atoms with van der Waals surface area (Å²) in [6, 6.07) is 2.09. The molecule has 0 radical (unpaired) electrons. The molecular weight excluding hydrogens is 258 g/mol. The quantitative estimate of drug-likeness (QED) is 0.825. The number of aromatic nitrogens is 1. The van der Waals surface area contributed by atoms with E-state index in [1.807, 2.05) is 27.7 Å². The highest BCUT2D eigenvalue weighted by atomic mass is 16.5. The van der Waals surface area contributed by atoms with Crippen molar-refractivity contribution in [3.05, 3.63) is 22.7 Å². The molecule has 1 aromatic heterocycles. The number of ether oxygens (including phenoxy) is 1. The Labute approximate surface area is 117 Å². The minimum atomic E-state index is -0.356. The molecule has 0 fully saturated rings. The van der Waals surface area contributed by atoms with Crippen LogP contribution in [0.1, 0.15) is 39.0 Å². The van der Waals surface area contributed by atoms with Crippen LogP contribution >= 0.6 is 0 Å². The van der Waals surface area contributed by atoms with E-state index < -0.39 is 0 Å². The maximum atomic E-state index is 12.2. The molecule has 0 saturated heterocycles. The van der Waals surface area contributed by atoms with E-state index in [9.17, 15) is 10.1 Å². The molecule has 0 atom stereocenters. The molecule has 0 aliphatic carbocycles. The SMILES string of the molecule is COC1=C(C)CN(c2noc(C(C)(C)C)c2C#N)C1=O. The van der Waals surface area contributed by atoms with E-state index in [4.69, 9.17) is 9.26 Å². The van der Waals surface area contributed by atoms with Gasteiger partial charge in [-0.1, -0.05) is 25.9 Å². The van der Waals surface area contributed by atoms with Gasteiger partial charge >= 0.3 is 0 Å². The van der Waals surface area contributed by atoms with Gasteiger partial charge in [-0.05, 0) is 12.5 Å². The van der Waals surface area contributed by atoms with E-state index in [2.05, 4.69) is 11.2 Å². The van der Waals surface area contributed by atoms with Crippen LogP contribution < -0.4 is 4.90 Å². The van der Waals surface area contributed by atoms with Crippen LogP contribution in [0.25, 0.3) is 0 Å². The summed E-state index contributed by atoms with van der Waals surface area (Å²) in [5, 5.41) is 13.3. The van der Waals surface area contributed by atoms with Gasteiger partial charge in [-0.15, -0.1) is 0 Å². The van der Waals surface area contributed by atoms with Gasteiger partial charge in [0.05, 0.1) is 13.7 Å². The highest BCUT2D eigenvalue weighted by Gasteiger charge is 2.36. The van der Waals surface area contributed by atoms with Crippen LogP contribution in [0, 0.1) is 11.3 Å². The lowest BCUT2D eigenvalue weighted by Gasteiger charge is -2.15. The first-order valence-electron chi connectivity index (χ1n) is 6.27. The van der Waals surface area contributed by atoms with Crippen LogP contribution in [0.5, 0.6) is 0 Å².